The zero-order valence-corrected chi connectivity index (χ0v) is 12.6. The Morgan fingerprint density at radius 3 is 2.58 bits per heavy atom. The number of H-pyrrole nitrogens is 1. The third kappa shape index (κ3) is 3.48. The van der Waals surface area contributed by atoms with Gasteiger partial charge in [0.2, 0.25) is 0 Å². The van der Waals surface area contributed by atoms with Crippen molar-refractivity contribution in [2.24, 2.45) is 0 Å². The van der Waals surface area contributed by atoms with Crippen LogP contribution in [-0.4, -0.2) is 22.1 Å². The number of hydrogen-bond donors (Lipinski definition) is 2. The molecule has 0 aliphatic rings. The van der Waals surface area contributed by atoms with Gasteiger partial charge in [-0.25, -0.2) is 0 Å². The van der Waals surface area contributed by atoms with Gasteiger partial charge in [0.15, 0.2) is 0 Å². The summed E-state index contributed by atoms with van der Waals surface area (Å²) in [6, 6.07) is 7.81. The molecule has 2 aromatic rings. The molecule has 0 saturated carbocycles. The highest BCUT2D eigenvalue weighted by Crippen LogP contribution is 2.26. The molecule has 0 atom stereocenters. The van der Waals surface area contributed by atoms with E-state index in [9.17, 15) is 20.0 Å². The van der Waals surface area contributed by atoms with E-state index >= 15 is 0 Å². The van der Waals surface area contributed by atoms with E-state index in [1.165, 1.54) is 25.3 Å². The van der Waals surface area contributed by atoms with Gasteiger partial charge in [-0.1, -0.05) is 18.2 Å². The van der Waals surface area contributed by atoms with Gasteiger partial charge in [-0.2, -0.15) is 5.26 Å². The lowest BCUT2D eigenvalue weighted by Crippen LogP contribution is -2.18. The number of ether oxygens (including phenoxy) is 1. The second-order valence-electron chi connectivity index (χ2n) is 4.80. The maximum atomic E-state index is 12.0. The molecule has 0 spiro atoms. The molecule has 0 bridgehead atoms. The molecule has 122 valence electrons. The molecule has 0 unspecified atom stereocenters. The van der Waals surface area contributed by atoms with Gasteiger partial charge < -0.3 is 14.8 Å². The maximum Gasteiger partial charge on any atom is 0.299 e. The van der Waals surface area contributed by atoms with Crippen LogP contribution in [0.25, 0.3) is 12.2 Å². The minimum absolute atomic E-state index is 0.0378. The summed E-state index contributed by atoms with van der Waals surface area (Å²) in [5.41, 5.74) is -0.891. The van der Waals surface area contributed by atoms with Crippen LogP contribution in [0.4, 0.5) is 5.69 Å². The third-order valence-corrected chi connectivity index (χ3v) is 3.24. The number of benzene rings is 1. The van der Waals surface area contributed by atoms with Crippen molar-refractivity contribution in [3.8, 4) is 11.8 Å². The lowest BCUT2D eigenvalue weighted by atomic mass is 10.1. The lowest BCUT2D eigenvalue weighted by molar-refractivity contribution is -0.386. The van der Waals surface area contributed by atoms with Crippen LogP contribution >= 0.6 is 0 Å². The molecule has 8 nitrogen and oxygen atoms in total. The number of aromatic nitrogens is 1. The summed E-state index contributed by atoms with van der Waals surface area (Å²) in [6.07, 6.45) is 2.91. The van der Waals surface area contributed by atoms with E-state index in [1.807, 2.05) is 0 Å². The SMILES string of the molecule is COCc1c([N+](=O)[O-])c(/C=C/c2ccc(O)cc2)[nH]c(=O)c1C#N. The first-order chi connectivity index (χ1) is 11.5. The van der Waals surface area contributed by atoms with Gasteiger partial charge in [-0.3, -0.25) is 14.9 Å². The standard InChI is InChI=1S/C16H13N3O5/c1-24-9-13-12(8-17)16(21)18-14(15(13)19(22)23)7-4-10-2-5-11(20)6-3-10/h2-7,20H,9H2,1H3,(H,18,21)/b7-4+. The molecule has 2 N–H and O–H groups in total. The van der Waals surface area contributed by atoms with Gasteiger partial charge in [0, 0.05) is 7.11 Å². The van der Waals surface area contributed by atoms with Gasteiger partial charge in [0.25, 0.3) is 11.2 Å². The number of nitrogens with one attached hydrogen (secondary N) is 1. The van der Waals surface area contributed by atoms with Crippen LogP contribution < -0.4 is 5.56 Å². The van der Waals surface area contributed by atoms with Gasteiger partial charge in [0.05, 0.1) is 17.1 Å². The van der Waals surface area contributed by atoms with Crippen molar-refractivity contribution in [3.05, 3.63) is 67.1 Å². The largest absolute Gasteiger partial charge is 0.508 e. The molecule has 0 radical (unpaired) electrons. The Balaban J connectivity index is 2.61. The number of phenols is 1. The average molecular weight is 327 g/mol. The number of nitro groups is 1. The Morgan fingerprint density at radius 1 is 1.38 bits per heavy atom. The van der Waals surface area contributed by atoms with Crippen LogP contribution in [0, 0.1) is 21.4 Å². The second kappa shape index (κ2) is 7.21. The number of nitrogens with zero attached hydrogens (tertiary/aromatic N) is 2. The maximum absolute atomic E-state index is 12.0. The summed E-state index contributed by atoms with van der Waals surface area (Å²) in [5.74, 6) is 0.0901. The van der Waals surface area contributed by atoms with Crippen molar-refractivity contribution in [2.45, 2.75) is 6.61 Å². The molecular weight excluding hydrogens is 314 g/mol. The van der Waals surface area contributed by atoms with Crippen molar-refractivity contribution < 1.29 is 14.8 Å². The van der Waals surface area contributed by atoms with Crippen molar-refractivity contribution in [2.75, 3.05) is 7.11 Å². The van der Waals surface area contributed by atoms with E-state index in [1.54, 1.807) is 24.3 Å². The van der Waals surface area contributed by atoms with Crippen molar-refractivity contribution in [1.82, 2.24) is 4.98 Å². The van der Waals surface area contributed by atoms with E-state index in [0.29, 0.717) is 5.56 Å². The first-order valence-corrected chi connectivity index (χ1v) is 6.77. The third-order valence-electron chi connectivity index (χ3n) is 3.24. The molecule has 0 amide bonds. The fourth-order valence-electron chi connectivity index (χ4n) is 2.16. The monoisotopic (exact) mass is 327 g/mol. The number of methoxy groups -OCH3 is 1. The summed E-state index contributed by atoms with van der Waals surface area (Å²) < 4.78 is 4.89. The minimum atomic E-state index is -0.722. The summed E-state index contributed by atoms with van der Waals surface area (Å²) in [6.45, 7) is -0.233. The lowest BCUT2D eigenvalue weighted by Gasteiger charge is -2.06. The highest BCUT2D eigenvalue weighted by Gasteiger charge is 2.25. The van der Waals surface area contributed by atoms with E-state index < -0.39 is 10.5 Å². The van der Waals surface area contributed by atoms with Gasteiger partial charge in [-0.05, 0) is 23.8 Å². The quantitative estimate of drug-likeness (QED) is 0.639. The van der Waals surface area contributed by atoms with Gasteiger partial charge in [0.1, 0.15) is 23.1 Å². The zero-order valence-electron chi connectivity index (χ0n) is 12.6. The summed E-state index contributed by atoms with van der Waals surface area (Å²) in [5, 5.41) is 29.7. The highest BCUT2D eigenvalue weighted by atomic mass is 16.6. The number of aromatic hydroxyl groups is 1. The number of rotatable bonds is 5. The molecule has 0 aliphatic heterocycles. The second-order valence-corrected chi connectivity index (χ2v) is 4.80. The Labute approximate surface area is 136 Å². The molecule has 0 fully saturated rings. The Hall–Kier alpha value is -3.44. The van der Waals surface area contributed by atoms with Gasteiger partial charge >= 0.3 is 0 Å². The molecule has 1 aromatic heterocycles. The fourth-order valence-corrected chi connectivity index (χ4v) is 2.16. The Bertz CT molecular complexity index is 892. The Morgan fingerprint density at radius 2 is 2.04 bits per heavy atom. The number of hydrogen-bond acceptors (Lipinski definition) is 6. The highest BCUT2D eigenvalue weighted by molar-refractivity contribution is 5.74. The van der Waals surface area contributed by atoms with Crippen LogP contribution in [0.2, 0.25) is 0 Å². The topological polar surface area (TPSA) is 129 Å². The van der Waals surface area contributed by atoms with Crippen LogP contribution in [0.5, 0.6) is 5.75 Å². The van der Waals surface area contributed by atoms with E-state index in [-0.39, 0.29) is 34.9 Å². The number of pyridine rings is 1. The predicted octanol–water partition coefficient (Wildman–Crippen LogP) is 2.18. The molecule has 24 heavy (non-hydrogen) atoms. The van der Waals surface area contributed by atoms with Crippen molar-refractivity contribution >= 4 is 17.8 Å². The minimum Gasteiger partial charge on any atom is -0.508 e. The molecule has 0 aliphatic carbocycles. The van der Waals surface area contributed by atoms with Crippen LogP contribution in [0.15, 0.2) is 29.1 Å². The van der Waals surface area contributed by atoms with Crippen LogP contribution in [-0.2, 0) is 11.3 Å². The van der Waals surface area contributed by atoms with Crippen molar-refractivity contribution in [3.63, 3.8) is 0 Å². The summed E-state index contributed by atoms with van der Waals surface area (Å²) >= 11 is 0. The van der Waals surface area contributed by atoms with E-state index in [0.717, 1.165) is 0 Å². The zero-order chi connectivity index (χ0) is 17.7. The van der Waals surface area contributed by atoms with Crippen molar-refractivity contribution in [1.29, 1.82) is 5.26 Å². The number of aromatic amines is 1. The first kappa shape index (κ1) is 16.9. The summed E-state index contributed by atoms with van der Waals surface area (Å²) in [4.78, 5) is 25.1. The molecule has 0 saturated heterocycles. The number of phenolic OH excluding ortho intramolecular Hbond substituents is 1. The fraction of sp³-hybridized carbons (Fsp3) is 0.125. The summed E-state index contributed by atoms with van der Waals surface area (Å²) in [7, 11) is 1.32. The Kier molecular flexibility index (Phi) is 5.09. The first-order valence-electron chi connectivity index (χ1n) is 6.77. The van der Waals surface area contributed by atoms with Gasteiger partial charge in [-0.15, -0.1) is 0 Å². The normalized spacial score (nSPS) is 10.7. The van der Waals surface area contributed by atoms with Crippen LogP contribution in [0.3, 0.4) is 0 Å². The van der Waals surface area contributed by atoms with Crippen LogP contribution in [0.1, 0.15) is 22.4 Å². The van der Waals surface area contributed by atoms with E-state index in [4.69, 9.17) is 10.00 Å². The average Bonchev–Trinajstić information content (AvgIpc) is 2.54. The molecule has 1 heterocycles. The molecule has 1 aromatic carbocycles. The smallest absolute Gasteiger partial charge is 0.299 e. The number of nitriles is 1. The van der Waals surface area contributed by atoms with E-state index in [2.05, 4.69) is 4.98 Å². The molecule has 8 heteroatoms. The molecular formula is C16H13N3O5. The molecule has 2 rings (SSSR count). The predicted molar refractivity (Wildman–Crippen MR) is 86.2 cm³/mol.